The van der Waals surface area contributed by atoms with Gasteiger partial charge < -0.3 is 4.98 Å². The van der Waals surface area contributed by atoms with E-state index in [0.717, 1.165) is 6.26 Å². The van der Waals surface area contributed by atoms with Crippen molar-refractivity contribution in [1.29, 1.82) is 0 Å². The maximum atomic E-state index is 12.0. The van der Waals surface area contributed by atoms with Crippen LogP contribution < -0.4 is 4.72 Å². The van der Waals surface area contributed by atoms with Crippen LogP contribution in [0.1, 0.15) is 5.82 Å². The number of imidazole rings is 1. The quantitative estimate of drug-likeness (QED) is 0.872. The Balaban J connectivity index is 2.26. The maximum Gasteiger partial charge on any atom is 0.278 e. The smallest absolute Gasteiger partial charge is 0.278 e. The zero-order chi connectivity index (χ0) is 15.0. The van der Waals surface area contributed by atoms with E-state index >= 15 is 0 Å². The lowest BCUT2D eigenvalue weighted by Gasteiger charge is -2.06. The number of aryl methyl sites for hydroxylation is 1. The highest BCUT2D eigenvalue weighted by Gasteiger charge is 2.17. The largest absolute Gasteiger partial charge is 0.332 e. The molecule has 108 valence electrons. The molecule has 9 heteroatoms. The van der Waals surface area contributed by atoms with Crippen LogP contribution in [0.3, 0.4) is 0 Å². The lowest BCUT2D eigenvalue weighted by atomic mass is 10.3. The second-order valence-electron chi connectivity index (χ2n) is 4.23. The molecule has 2 N–H and O–H groups in total. The summed E-state index contributed by atoms with van der Waals surface area (Å²) < 4.78 is 48.9. The van der Waals surface area contributed by atoms with Crippen molar-refractivity contribution < 1.29 is 16.8 Å². The second-order valence-corrected chi connectivity index (χ2v) is 7.90. The Morgan fingerprint density at radius 1 is 1.10 bits per heavy atom. The number of aromatic amines is 1. The van der Waals surface area contributed by atoms with Crippen molar-refractivity contribution in [3.05, 3.63) is 36.3 Å². The molecule has 0 fully saturated rings. The molecule has 1 aromatic carbocycles. The number of sulfone groups is 1. The Kier molecular flexibility index (Phi) is 3.57. The number of hydrogen-bond acceptors (Lipinski definition) is 5. The third-order valence-electron chi connectivity index (χ3n) is 2.50. The molecule has 0 aliphatic heterocycles. The summed E-state index contributed by atoms with van der Waals surface area (Å²) in [6.07, 6.45) is 2.29. The lowest BCUT2D eigenvalue weighted by Crippen LogP contribution is -2.13. The number of rotatable bonds is 4. The van der Waals surface area contributed by atoms with Crippen molar-refractivity contribution in [3.8, 4) is 0 Å². The highest BCUT2D eigenvalue weighted by molar-refractivity contribution is 7.92. The first-order valence-corrected chi connectivity index (χ1v) is 8.90. The molecule has 2 rings (SSSR count). The van der Waals surface area contributed by atoms with E-state index in [1.807, 2.05) is 0 Å². The summed E-state index contributed by atoms with van der Waals surface area (Å²) in [4.78, 5) is 6.55. The van der Waals surface area contributed by atoms with E-state index in [9.17, 15) is 16.8 Å². The van der Waals surface area contributed by atoms with Gasteiger partial charge in [-0.2, -0.15) is 8.42 Å². The Hall–Kier alpha value is -1.87. The lowest BCUT2D eigenvalue weighted by molar-refractivity contribution is 0.597. The monoisotopic (exact) mass is 315 g/mol. The van der Waals surface area contributed by atoms with Crippen LogP contribution >= 0.6 is 0 Å². The van der Waals surface area contributed by atoms with Gasteiger partial charge in [0, 0.05) is 11.9 Å². The Morgan fingerprint density at radius 2 is 1.70 bits per heavy atom. The highest BCUT2D eigenvalue weighted by atomic mass is 32.2. The van der Waals surface area contributed by atoms with Crippen LogP contribution in [0.4, 0.5) is 5.69 Å². The molecular formula is C11H13N3O4S2. The molecule has 0 atom stereocenters. The van der Waals surface area contributed by atoms with E-state index in [0.29, 0.717) is 5.82 Å². The fourth-order valence-electron chi connectivity index (χ4n) is 1.52. The minimum Gasteiger partial charge on any atom is -0.332 e. The standard InChI is InChI=1S/C11H13N3O4S2/c1-8-12-7-11(13-8)20(17,18)14-9-3-5-10(6-4-9)19(2,15)16/h3-7,14H,1-2H3,(H,12,13). The van der Waals surface area contributed by atoms with Crippen LogP contribution in [-0.2, 0) is 19.9 Å². The number of anilines is 1. The molecule has 0 unspecified atom stereocenters. The normalized spacial score (nSPS) is 12.3. The number of sulfonamides is 1. The molecule has 0 spiro atoms. The summed E-state index contributed by atoms with van der Waals surface area (Å²) in [5, 5.41) is -0.0535. The molecule has 0 bridgehead atoms. The van der Waals surface area contributed by atoms with Crippen molar-refractivity contribution in [2.45, 2.75) is 16.8 Å². The molecule has 1 heterocycles. The fourth-order valence-corrected chi connectivity index (χ4v) is 3.18. The van der Waals surface area contributed by atoms with E-state index in [1.165, 1.54) is 30.5 Å². The van der Waals surface area contributed by atoms with Gasteiger partial charge in [0.25, 0.3) is 10.0 Å². The van der Waals surface area contributed by atoms with Gasteiger partial charge in [0.2, 0.25) is 0 Å². The fraction of sp³-hybridized carbons (Fsp3) is 0.182. The summed E-state index contributed by atoms with van der Waals surface area (Å²) >= 11 is 0. The topological polar surface area (TPSA) is 109 Å². The Morgan fingerprint density at radius 3 is 2.15 bits per heavy atom. The number of nitrogens with one attached hydrogen (secondary N) is 2. The average molecular weight is 315 g/mol. The third kappa shape index (κ3) is 3.17. The van der Waals surface area contributed by atoms with E-state index in [2.05, 4.69) is 14.7 Å². The molecule has 20 heavy (non-hydrogen) atoms. The number of nitrogens with zero attached hydrogens (tertiary/aromatic N) is 1. The van der Waals surface area contributed by atoms with Gasteiger partial charge >= 0.3 is 0 Å². The zero-order valence-corrected chi connectivity index (χ0v) is 12.4. The summed E-state index contributed by atoms with van der Waals surface area (Å²) in [7, 11) is -7.06. The van der Waals surface area contributed by atoms with E-state index < -0.39 is 19.9 Å². The molecule has 2 aromatic rings. The molecule has 0 amide bonds. The Bertz CT molecular complexity index is 821. The van der Waals surface area contributed by atoms with Gasteiger partial charge in [-0.3, -0.25) is 4.72 Å². The van der Waals surface area contributed by atoms with E-state index in [-0.39, 0.29) is 15.6 Å². The molecule has 0 saturated heterocycles. The van der Waals surface area contributed by atoms with Crippen LogP contribution in [0.2, 0.25) is 0 Å². The van der Waals surface area contributed by atoms with Crippen LogP contribution in [0.5, 0.6) is 0 Å². The van der Waals surface area contributed by atoms with Crippen molar-refractivity contribution >= 4 is 25.5 Å². The average Bonchev–Trinajstić information content (AvgIpc) is 2.76. The first-order valence-electron chi connectivity index (χ1n) is 5.53. The van der Waals surface area contributed by atoms with Gasteiger partial charge in [-0.05, 0) is 31.2 Å². The van der Waals surface area contributed by atoms with Gasteiger partial charge in [0.05, 0.1) is 11.1 Å². The summed E-state index contributed by atoms with van der Waals surface area (Å²) in [5.41, 5.74) is 0.268. The van der Waals surface area contributed by atoms with Crippen LogP contribution in [0.15, 0.2) is 40.4 Å². The molecule has 0 radical (unpaired) electrons. The van der Waals surface area contributed by atoms with Crippen molar-refractivity contribution in [2.75, 3.05) is 11.0 Å². The van der Waals surface area contributed by atoms with Crippen LogP contribution in [0, 0.1) is 6.92 Å². The molecule has 0 aliphatic carbocycles. The van der Waals surface area contributed by atoms with Crippen LogP contribution in [-0.4, -0.2) is 33.1 Å². The van der Waals surface area contributed by atoms with Gasteiger partial charge in [0.1, 0.15) is 5.82 Å². The van der Waals surface area contributed by atoms with E-state index in [4.69, 9.17) is 0 Å². The number of H-pyrrole nitrogens is 1. The predicted octanol–water partition coefficient (Wildman–Crippen LogP) is 0.922. The molecule has 7 nitrogen and oxygen atoms in total. The summed E-state index contributed by atoms with van der Waals surface area (Å²) in [5.74, 6) is 0.484. The van der Waals surface area contributed by atoms with Crippen LogP contribution in [0.25, 0.3) is 0 Å². The summed E-state index contributed by atoms with van der Waals surface area (Å²) in [6.45, 7) is 1.64. The van der Waals surface area contributed by atoms with Gasteiger partial charge in [-0.1, -0.05) is 0 Å². The number of aromatic nitrogens is 2. The first-order chi connectivity index (χ1) is 9.18. The SMILES string of the molecule is Cc1ncc(S(=O)(=O)Nc2ccc(S(C)(=O)=O)cc2)[nH]1. The number of hydrogen-bond donors (Lipinski definition) is 2. The van der Waals surface area contributed by atoms with Crippen molar-refractivity contribution in [2.24, 2.45) is 0 Å². The third-order valence-corrected chi connectivity index (χ3v) is 4.92. The molecular weight excluding hydrogens is 302 g/mol. The van der Waals surface area contributed by atoms with E-state index in [1.54, 1.807) is 6.92 Å². The second kappa shape index (κ2) is 4.91. The van der Waals surface area contributed by atoms with Gasteiger partial charge in [-0.15, -0.1) is 0 Å². The van der Waals surface area contributed by atoms with Crippen molar-refractivity contribution in [3.63, 3.8) is 0 Å². The van der Waals surface area contributed by atoms with Crippen molar-refractivity contribution in [1.82, 2.24) is 9.97 Å². The number of benzene rings is 1. The maximum absolute atomic E-state index is 12.0. The van der Waals surface area contributed by atoms with Gasteiger partial charge in [0.15, 0.2) is 14.9 Å². The Labute approximate surface area is 117 Å². The minimum absolute atomic E-state index is 0.0535. The predicted molar refractivity (Wildman–Crippen MR) is 73.7 cm³/mol. The molecule has 0 saturated carbocycles. The summed E-state index contributed by atoms with van der Waals surface area (Å²) in [6, 6.07) is 5.45. The minimum atomic E-state index is -3.76. The highest BCUT2D eigenvalue weighted by Crippen LogP contribution is 2.17. The zero-order valence-electron chi connectivity index (χ0n) is 10.8. The molecule has 1 aromatic heterocycles. The molecule has 0 aliphatic rings. The van der Waals surface area contributed by atoms with Gasteiger partial charge in [-0.25, -0.2) is 13.4 Å². The first kappa shape index (κ1) is 14.5.